The van der Waals surface area contributed by atoms with Crippen LogP contribution in [0.15, 0.2) is 72.9 Å². The molecule has 1 amide bonds. The summed E-state index contributed by atoms with van der Waals surface area (Å²) in [6.45, 7) is 2.70. The smallest absolute Gasteiger partial charge is 0.220 e. The van der Waals surface area contributed by atoms with Crippen molar-refractivity contribution in [2.75, 3.05) is 19.8 Å². The van der Waals surface area contributed by atoms with Gasteiger partial charge in [-0.25, -0.2) is 0 Å². The molecule has 0 aromatic rings. The topological polar surface area (TPSA) is 228 Å². The van der Waals surface area contributed by atoms with Crippen molar-refractivity contribution >= 4 is 5.91 Å². The summed E-state index contributed by atoms with van der Waals surface area (Å²) in [5.41, 5.74) is 0. The third-order valence-electron chi connectivity index (χ3n) is 16.9. The van der Waals surface area contributed by atoms with Gasteiger partial charge in [0.1, 0.15) is 48.8 Å². The number of ether oxygens (including phenoxy) is 4. The normalized spacial score (nSPS) is 23.8. The number of aliphatic hydroxyl groups excluding tert-OH is 8. The molecule has 86 heavy (non-hydrogen) atoms. The lowest BCUT2D eigenvalue weighted by Gasteiger charge is -2.46. The molecule has 12 unspecified atom stereocenters. The number of hydrogen-bond donors (Lipinski definition) is 9. The van der Waals surface area contributed by atoms with Gasteiger partial charge in [0.25, 0.3) is 0 Å². The number of hydrogen-bond acceptors (Lipinski definition) is 13. The molecule has 2 heterocycles. The number of aliphatic hydroxyl groups is 8. The van der Waals surface area contributed by atoms with Crippen molar-refractivity contribution in [2.45, 2.75) is 357 Å². The van der Waals surface area contributed by atoms with Crippen LogP contribution in [0.25, 0.3) is 0 Å². The van der Waals surface area contributed by atoms with Crippen molar-refractivity contribution in [3.8, 4) is 0 Å². The SMILES string of the molecule is CC/C=C\C/C=C\C/C=C\C/C=C\CCCCCCCCCCCCCCCCCCC(=O)NC(COC1OC(CO)C(OC2OC(CO)C(O)C(O)C2O)C(O)C1O)C(O)/C=C/CC/C=C/CCCCCCCCCCCCCCCCCCC. The van der Waals surface area contributed by atoms with Crippen LogP contribution in [-0.4, -0.2) is 140 Å². The molecule has 2 saturated heterocycles. The molecule has 0 bridgehead atoms. The minimum Gasteiger partial charge on any atom is -0.394 e. The molecule has 0 saturated carbocycles. The second kappa shape index (κ2) is 56.4. The molecule has 2 fully saturated rings. The van der Waals surface area contributed by atoms with Gasteiger partial charge in [-0.3, -0.25) is 4.79 Å². The summed E-state index contributed by atoms with van der Waals surface area (Å²) in [5.74, 6) is -0.248. The molecule has 14 nitrogen and oxygen atoms in total. The molecule has 2 aliphatic heterocycles. The van der Waals surface area contributed by atoms with E-state index in [0.717, 1.165) is 57.8 Å². The van der Waals surface area contributed by atoms with Crippen LogP contribution in [0, 0.1) is 0 Å². The number of carbonyl (C=O) groups excluding carboxylic acids is 1. The lowest BCUT2D eigenvalue weighted by Crippen LogP contribution is -2.65. The zero-order chi connectivity index (χ0) is 62.3. The number of amides is 1. The number of unbranched alkanes of at least 4 members (excludes halogenated alkanes) is 34. The van der Waals surface area contributed by atoms with Crippen LogP contribution in [0.4, 0.5) is 0 Å². The average Bonchev–Trinajstić information content (AvgIpc) is 2.53. The van der Waals surface area contributed by atoms with Crippen LogP contribution >= 0.6 is 0 Å². The largest absolute Gasteiger partial charge is 0.394 e. The zero-order valence-corrected chi connectivity index (χ0v) is 54.3. The standard InChI is InChI=1S/C72H129NO13/c1-3-5-7-9-11-13-15-17-19-21-23-25-27-28-29-30-31-32-34-36-38-40-42-44-46-48-50-52-54-56-64(77)73-60(59-83-71-69(82)67(80)70(63(58-75)85-71)86-72-68(81)66(79)65(78)62(57-74)84-72)61(76)55-53-51-49-47-45-43-41-39-37-35-33-26-24-22-20-18-16-14-12-10-8-6-4-2/h5,7,11,13,17,19,23,25,45,47,53,55,60-63,65-72,74-76,78-82H,3-4,6,8-10,12,14-16,18,20-22,24,26-44,46,48-52,54,56-59H2,1-2H3,(H,73,77)/b7-5-,13-11-,19-17-,25-23-,47-45+,55-53+. The van der Waals surface area contributed by atoms with Gasteiger partial charge in [0.05, 0.1) is 32.0 Å². The summed E-state index contributed by atoms with van der Waals surface area (Å²) in [6, 6.07) is -0.935. The molecule has 0 radical (unpaired) electrons. The van der Waals surface area contributed by atoms with Gasteiger partial charge in [-0.05, 0) is 70.6 Å². The van der Waals surface area contributed by atoms with E-state index in [1.165, 1.54) is 193 Å². The highest BCUT2D eigenvalue weighted by Crippen LogP contribution is 2.30. The van der Waals surface area contributed by atoms with Crippen LogP contribution < -0.4 is 5.32 Å². The lowest BCUT2D eigenvalue weighted by molar-refractivity contribution is -0.359. The maximum Gasteiger partial charge on any atom is 0.220 e. The molecule has 2 aliphatic rings. The Morgan fingerprint density at radius 1 is 0.430 bits per heavy atom. The van der Waals surface area contributed by atoms with E-state index in [0.29, 0.717) is 12.8 Å². The maximum atomic E-state index is 13.3. The Balaban J connectivity index is 1.69. The summed E-state index contributed by atoms with van der Waals surface area (Å²) < 4.78 is 22.8. The Labute approximate surface area is 523 Å². The van der Waals surface area contributed by atoms with Crippen molar-refractivity contribution in [2.24, 2.45) is 0 Å². The first-order valence-corrected chi connectivity index (χ1v) is 35.2. The summed E-state index contributed by atoms with van der Waals surface area (Å²) in [7, 11) is 0. The van der Waals surface area contributed by atoms with Crippen molar-refractivity contribution in [1.82, 2.24) is 5.32 Å². The summed E-state index contributed by atoms with van der Waals surface area (Å²) in [6.07, 6.45) is 59.6. The van der Waals surface area contributed by atoms with Gasteiger partial charge in [0.15, 0.2) is 12.6 Å². The van der Waals surface area contributed by atoms with E-state index in [1.807, 2.05) is 6.08 Å². The first-order chi connectivity index (χ1) is 42.1. The van der Waals surface area contributed by atoms with E-state index >= 15 is 0 Å². The minimum atomic E-state index is -1.79. The highest BCUT2D eigenvalue weighted by Gasteiger charge is 2.51. The summed E-state index contributed by atoms with van der Waals surface area (Å²) in [5, 5.41) is 87.4. The first kappa shape index (κ1) is 79.5. The van der Waals surface area contributed by atoms with Gasteiger partial charge in [-0.1, -0.05) is 279 Å². The second-order valence-corrected chi connectivity index (χ2v) is 24.6. The average molecular weight is 1220 g/mol. The fourth-order valence-corrected chi connectivity index (χ4v) is 11.3. The van der Waals surface area contributed by atoms with Crippen LogP contribution in [0.2, 0.25) is 0 Å². The van der Waals surface area contributed by atoms with Crippen LogP contribution in [-0.2, 0) is 23.7 Å². The van der Waals surface area contributed by atoms with Crippen LogP contribution in [0.3, 0.4) is 0 Å². The number of allylic oxidation sites excluding steroid dienone is 11. The molecule has 0 aromatic heterocycles. The van der Waals surface area contributed by atoms with Crippen molar-refractivity contribution in [3.63, 3.8) is 0 Å². The third kappa shape index (κ3) is 40.2. The van der Waals surface area contributed by atoms with Gasteiger partial charge < -0.3 is 65.1 Å². The highest BCUT2D eigenvalue weighted by molar-refractivity contribution is 5.76. The fraction of sp³-hybridized carbons (Fsp3) is 0.819. The Kier molecular flexibility index (Phi) is 52.2. The molecule has 0 aliphatic carbocycles. The number of rotatable bonds is 57. The molecule has 12 atom stereocenters. The highest BCUT2D eigenvalue weighted by atomic mass is 16.7. The molecule has 0 aromatic carbocycles. The quantitative estimate of drug-likeness (QED) is 0.0204. The molecule has 500 valence electrons. The minimum absolute atomic E-state index is 0.248. The number of carbonyl (C=O) groups is 1. The Morgan fingerprint density at radius 3 is 1.28 bits per heavy atom. The summed E-state index contributed by atoms with van der Waals surface area (Å²) >= 11 is 0. The van der Waals surface area contributed by atoms with Gasteiger partial charge in [0.2, 0.25) is 5.91 Å². The molecule has 0 spiro atoms. The Hall–Kier alpha value is -2.57. The van der Waals surface area contributed by atoms with Crippen molar-refractivity contribution < 1.29 is 64.6 Å². The van der Waals surface area contributed by atoms with Gasteiger partial charge in [-0.2, -0.15) is 0 Å². The Morgan fingerprint density at radius 2 is 0.814 bits per heavy atom. The molecular formula is C72H129NO13. The van der Waals surface area contributed by atoms with Gasteiger partial charge in [-0.15, -0.1) is 0 Å². The molecule has 14 heteroatoms. The first-order valence-electron chi connectivity index (χ1n) is 35.2. The summed E-state index contributed by atoms with van der Waals surface area (Å²) in [4.78, 5) is 13.3. The Bertz CT molecular complexity index is 1720. The molecule has 9 N–H and O–H groups in total. The zero-order valence-electron chi connectivity index (χ0n) is 54.3. The second-order valence-electron chi connectivity index (χ2n) is 24.6. The van der Waals surface area contributed by atoms with Gasteiger partial charge in [0, 0.05) is 6.42 Å². The van der Waals surface area contributed by atoms with E-state index in [1.54, 1.807) is 6.08 Å². The lowest BCUT2D eigenvalue weighted by atomic mass is 9.97. The third-order valence-corrected chi connectivity index (χ3v) is 16.9. The predicted molar refractivity (Wildman–Crippen MR) is 350 cm³/mol. The fourth-order valence-electron chi connectivity index (χ4n) is 11.3. The maximum absolute atomic E-state index is 13.3. The molecular weight excluding hydrogens is 1090 g/mol. The van der Waals surface area contributed by atoms with Crippen LogP contribution in [0.1, 0.15) is 284 Å². The number of nitrogens with one attached hydrogen (secondary N) is 1. The van der Waals surface area contributed by atoms with E-state index in [4.69, 9.17) is 18.9 Å². The van der Waals surface area contributed by atoms with E-state index in [2.05, 4.69) is 79.9 Å². The van der Waals surface area contributed by atoms with E-state index in [-0.39, 0.29) is 18.9 Å². The predicted octanol–water partition coefficient (Wildman–Crippen LogP) is 14.2. The van der Waals surface area contributed by atoms with Gasteiger partial charge >= 0.3 is 0 Å². The van der Waals surface area contributed by atoms with E-state index in [9.17, 15) is 45.6 Å². The monoisotopic (exact) mass is 1220 g/mol. The van der Waals surface area contributed by atoms with Crippen molar-refractivity contribution in [1.29, 1.82) is 0 Å². The van der Waals surface area contributed by atoms with E-state index < -0.39 is 86.8 Å². The molecule has 2 rings (SSSR count). The van der Waals surface area contributed by atoms with Crippen LogP contribution in [0.5, 0.6) is 0 Å². The van der Waals surface area contributed by atoms with Crippen molar-refractivity contribution in [3.05, 3.63) is 72.9 Å².